The predicted molar refractivity (Wildman–Crippen MR) is 144 cm³/mol. The van der Waals surface area contributed by atoms with E-state index in [9.17, 15) is 35.1 Å². The Morgan fingerprint density at radius 2 is 1.19 bits per heavy atom. The minimum absolute atomic E-state index is 0.0395. The van der Waals surface area contributed by atoms with Crippen LogP contribution in [0.3, 0.4) is 0 Å². The maximum absolute atomic E-state index is 12.8. The molecule has 0 amide bonds. The Balaban J connectivity index is 1.86. The van der Waals surface area contributed by atoms with Crippen molar-refractivity contribution in [3.05, 3.63) is 47.5 Å². The van der Waals surface area contributed by atoms with E-state index < -0.39 is 61.4 Å². The van der Waals surface area contributed by atoms with Gasteiger partial charge in [0.05, 0.1) is 37.8 Å². The van der Waals surface area contributed by atoms with E-state index in [2.05, 4.69) is 0 Å². The molecule has 5 N–H and O–H groups in total. The van der Waals surface area contributed by atoms with Crippen LogP contribution in [0.5, 0.6) is 34.5 Å². The van der Waals surface area contributed by atoms with Gasteiger partial charge < -0.3 is 58.7 Å². The Kier molecular flexibility index (Phi) is 9.95. The quantitative estimate of drug-likeness (QED) is 0.180. The van der Waals surface area contributed by atoms with Crippen molar-refractivity contribution in [1.82, 2.24) is 0 Å². The van der Waals surface area contributed by atoms with Crippen LogP contribution in [0.4, 0.5) is 0 Å². The maximum atomic E-state index is 12.8. The number of hydrogen-bond donors (Lipinski definition) is 5. The molecule has 228 valence electrons. The molecule has 3 rings (SSSR count). The second kappa shape index (κ2) is 14.4. The minimum Gasteiger partial charge on any atom is -0.502 e. The third kappa shape index (κ3) is 7.41. The molecular weight excluding hydrogens is 560 g/mol. The summed E-state index contributed by atoms with van der Waals surface area (Å²) in [6.45, 7) is -0.805. The zero-order valence-corrected chi connectivity index (χ0v) is 23.0. The summed E-state index contributed by atoms with van der Waals surface area (Å²) < 4.78 is 52.5. The predicted octanol–water partition coefficient (Wildman–Crippen LogP) is 0.753. The van der Waals surface area contributed by atoms with Crippen molar-refractivity contribution in [2.45, 2.75) is 30.7 Å². The number of benzene rings is 2. The van der Waals surface area contributed by atoms with E-state index in [-0.39, 0.29) is 45.6 Å². The normalized spacial score (nSPS) is 23.3. The molecule has 2 aromatic rings. The van der Waals surface area contributed by atoms with Gasteiger partial charge in [0, 0.05) is 12.2 Å². The molecule has 0 saturated carbocycles. The second-order valence-electron chi connectivity index (χ2n) is 8.58. The van der Waals surface area contributed by atoms with Gasteiger partial charge in [0.1, 0.15) is 18.3 Å². The van der Waals surface area contributed by atoms with Gasteiger partial charge >= 0.3 is 11.9 Å². The third-order valence-electron chi connectivity index (χ3n) is 5.98. The summed E-state index contributed by atoms with van der Waals surface area (Å²) in [5.41, 5.74) is 0.160. The van der Waals surface area contributed by atoms with Gasteiger partial charge in [-0.2, -0.15) is 0 Å². The number of aromatic hydroxyl groups is 2. The lowest BCUT2D eigenvalue weighted by molar-refractivity contribution is -0.293. The SMILES string of the molecule is [2H]/C(=C\C(=O)OC1O[C@H](CO)[C@@H](O)[C@H](O)[C@H]1OC(=O)/C=C(\[2H])c1cc(OC)c(O)c(OC)c1)c1cc(OC)c(O)c(OC)c1. The Morgan fingerprint density at radius 3 is 1.57 bits per heavy atom. The zero-order chi connectivity index (χ0) is 32.7. The summed E-state index contributed by atoms with van der Waals surface area (Å²) in [7, 11) is 5.09. The average molecular weight is 595 g/mol. The Morgan fingerprint density at radius 1 is 0.786 bits per heavy atom. The van der Waals surface area contributed by atoms with Crippen LogP contribution in [-0.4, -0.2) is 103 Å². The molecule has 14 nitrogen and oxygen atoms in total. The van der Waals surface area contributed by atoms with E-state index in [1.807, 2.05) is 0 Å². The molecular formula is C28H32O14. The van der Waals surface area contributed by atoms with Gasteiger partial charge in [-0.1, -0.05) is 0 Å². The number of carbonyl (C=O) groups is 2. The van der Waals surface area contributed by atoms with Crippen molar-refractivity contribution in [1.29, 1.82) is 0 Å². The van der Waals surface area contributed by atoms with Crippen LogP contribution in [0, 0.1) is 0 Å². The highest BCUT2D eigenvalue weighted by atomic mass is 16.7. The van der Waals surface area contributed by atoms with Crippen LogP contribution < -0.4 is 18.9 Å². The first-order valence-corrected chi connectivity index (χ1v) is 12.2. The van der Waals surface area contributed by atoms with E-state index in [1.54, 1.807) is 0 Å². The lowest BCUT2D eigenvalue weighted by Crippen LogP contribution is -2.60. The molecule has 2 aromatic carbocycles. The second-order valence-corrected chi connectivity index (χ2v) is 8.58. The number of hydrogen-bond acceptors (Lipinski definition) is 14. The maximum Gasteiger partial charge on any atom is 0.333 e. The van der Waals surface area contributed by atoms with E-state index >= 15 is 0 Å². The highest BCUT2D eigenvalue weighted by Gasteiger charge is 2.48. The van der Waals surface area contributed by atoms with Crippen LogP contribution in [0.2, 0.25) is 0 Å². The molecule has 1 heterocycles. The van der Waals surface area contributed by atoms with Gasteiger partial charge in [-0.05, 0) is 47.5 Å². The van der Waals surface area contributed by atoms with Crippen molar-refractivity contribution in [3.63, 3.8) is 0 Å². The smallest absolute Gasteiger partial charge is 0.333 e. The summed E-state index contributed by atoms with van der Waals surface area (Å²) in [4.78, 5) is 25.5. The largest absolute Gasteiger partial charge is 0.502 e. The first-order valence-electron chi connectivity index (χ1n) is 13.2. The van der Waals surface area contributed by atoms with Gasteiger partial charge in [0.25, 0.3) is 0 Å². The summed E-state index contributed by atoms with van der Waals surface area (Å²) in [5, 5.41) is 50.7. The Bertz CT molecular complexity index is 1380. The number of phenols is 2. The number of methoxy groups -OCH3 is 4. The number of phenolic OH excluding ortho intramolecular Hbond substituents is 2. The molecule has 5 atom stereocenters. The highest BCUT2D eigenvalue weighted by Crippen LogP contribution is 2.38. The lowest BCUT2D eigenvalue weighted by atomic mass is 9.99. The van der Waals surface area contributed by atoms with Crippen LogP contribution in [0.25, 0.3) is 12.1 Å². The van der Waals surface area contributed by atoms with Crippen molar-refractivity contribution >= 4 is 24.0 Å². The molecule has 0 aromatic heterocycles. The number of esters is 2. The topological polar surface area (TPSA) is 200 Å². The van der Waals surface area contributed by atoms with Gasteiger partial charge in [0.15, 0.2) is 29.1 Å². The van der Waals surface area contributed by atoms with Gasteiger partial charge in [-0.15, -0.1) is 0 Å². The summed E-state index contributed by atoms with van der Waals surface area (Å²) in [6, 6.07) is 4.19. The molecule has 42 heavy (non-hydrogen) atoms. The molecule has 1 aliphatic heterocycles. The molecule has 0 spiro atoms. The molecule has 0 radical (unpaired) electrons. The number of rotatable bonds is 11. The van der Waals surface area contributed by atoms with Crippen molar-refractivity contribution in [3.8, 4) is 34.5 Å². The first-order chi connectivity index (χ1) is 20.9. The highest BCUT2D eigenvalue weighted by molar-refractivity contribution is 5.88. The number of aliphatic hydroxyl groups excluding tert-OH is 3. The molecule has 1 fully saturated rings. The fourth-order valence-corrected chi connectivity index (χ4v) is 3.83. The molecule has 1 saturated heterocycles. The van der Waals surface area contributed by atoms with Crippen molar-refractivity contribution < 1.29 is 71.0 Å². The zero-order valence-electron chi connectivity index (χ0n) is 25.0. The lowest BCUT2D eigenvalue weighted by Gasteiger charge is -2.40. The third-order valence-corrected chi connectivity index (χ3v) is 5.98. The van der Waals surface area contributed by atoms with E-state index in [0.717, 1.165) is 0 Å². The van der Waals surface area contributed by atoms with Crippen LogP contribution in [-0.2, 0) is 23.8 Å². The molecule has 0 aliphatic carbocycles. The summed E-state index contributed by atoms with van der Waals surface area (Å²) >= 11 is 0. The summed E-state index contributed by atoms with van der Waals surface area (Å²) in [6.07, 6.45) is -7.41. The minimum atomic E-state index is -1.91. The van der Waals surface area contributed by atoms with Gasteiger partial charge in [0.2, 0.25) is 17.8 Å². The van der Waals surface area contributed by atoms with E-state index in [0.29, 0.717) is 12.2 Å². The first kappa shape index (κ1) is 29.0. The van der Waals surface area contributed by atoms with Crippen molar-refractivity contribution in [2.75, 3.05) is 35.0 Å². The monoisotopic (exact) mass is 594 g/mol. The van der Waals surface area contributed by atoms with E-state index in [1.165, 1.54) is 52.7 Å². The standard InChI is InChI=1S/C28H32O14/c1-36-16-9-14(10-17(37-2)23(16)32)5-7-21(30)41-27-26(35)25(34)20(13-29)40-28(27)42-22(31)8-6-15-11-18(38-3)24(33)19(12-15)39-4/h5-12,20,25-29,32-35H,13H2,1-4H3/b7-5+,8-6+/t20-,25-,26+,27-,28?/m1/s1/i5D,6D. The van der Waals surface area contributed by atoms with Gasteiger partial charge in [-0.3, -0.25) is 0 Å². The molecule has 1 unspecified atom stereocenters. The van der Waals surface area contributed by atoms with Crippen molar-refractivity contribution in [2.24, 2.45) is 0 Å². The Labute approximate surface area is 243 Å². The molecule has 1 aliphatic rings. The molecule has 0 bridgehead atoms. The number of aliphatic hydroxyl groups is 3. The fraction of sp³-hybridized carbons (Fsp3) is 0.357. The number of ether oxygens (including phenoxy) is 7. The number of carbonyl (C=O) groups excluding carboxylic acids is 2. The Hall–Kier alpha value is -4.50. The van der Waals surface area contributed by atoms with Crippen LogP contribution in [0.15, 0.2) is 36.4 Å². The van der Waals surface area contributed by atoms with Crippen LogP contribution in [0.1, 0.15) is 13.9 Å². The van der Waals surface area contributed by atoms with E-state index in [4.69, 9.17) is 35.9 Å². The molecule has 14 heteroatoms. The van der Waals surface area contributed by atoms with Crippen LogP contribution >= 0.6 is 0 Å². The fourth-order valence-electron chi connectivity index (χ4n) is 3.83. The summed E-state index contributed by atoms with van der Waals surface area (Å²) in [5.74, 6) is -3.24. The van der Waals surface area contributed by atoms with Gasteiger partial charge in [-0.25, -0.2) is 9.59 Å². The average Bonchev–Trinajstić information content (AvgIpc) is 3.00.